The monoisotopic (exact) mass is 474 g/mol. The van der Waals surface area contributed by atoms with Crippen molar-refractivity contribution in [2.45, 2.75) is 0 Å². The molecule has 2 aromatic rings. The lowest BCUT2D eigenvalue weighted by atomic mass is 10.1. The Balaban J connectivity index is 1.60. The molecule has 0 unspecified atom stereocenters. The molecule has 7 nitrogen and oxygen atoms in total. The van der Waals surface area contributed by atoms with Crippen LogP contribution in [-0.2, 0) is 9.59 Å². The number of piperazine rings is 1. The highest BCUT2D eigenvalue weighted by molar-refractivity contribution is 9.10. The number of carbonyl (C=O) groups excluding carboxylic acids is 2. The lowest BCUT2D eigenvalue weighted by Crippen LogP contribution is -2.54. The minimum atomic E-state index is -0.538. The molecule has 0 atom stereocenters. The van der Waals surface area contributed by atoms with Gasteiger partial charge >= 0.3 is 0 Å². The second-order valence-corrected chi connectivity index (χ2v) is 8.21. The number of likely N-dealkylation sites (N-methyl/N-ethyl adjacent to an activating group) is 1. The number of nitrogens with zero attached hydrogens (tertiary/aromatic N) is 3. The number of furan rings is 1. The molecular weight excluding hydrogens is 456 g/mol. The first-order chi connectivity index (χ1) is 13.9. The van der Waals surface area contributed by atoms with Crippen LogP contribution in [0.5, 0.6) is 0 Å². The average Bonchev–Trinajstić information content (AvgIpc) is 3.14. The van der Waals surface area contributed by atoms with Gasteiger partial charge in [0.1, 0.15) is 11.3 Å². The molecule has 4 rings (SSSR count). The highest BCUT2D eigenvalue weighted by atomic mass is 79.9. The van der Waals surface area contributed by atoms with Crippen LogP contribution in [0.1, 0.15) is 5.76 Å². The summed E-state index contributed by atoms with van der Waals surface area (Å²) in [5, 5.41) is 2.63. The number of benzene rings is 1. The fourth-order valence-corrected chi connectivity index (χ4v) is 3.93. The SMILES string of the molecule is CN1CCN(c2ccc(C=C3C(=O)NC(=S)N(c4cccc(Br)c4)C3=O)o2)CC1. The summed E-state index contributed by atoms with van der Waals surface area (Å²) in [7, 11) is 2.09. The van der Waals surface area contributed by atoms with E-state index in [2.05, 4.69) is 38.1 Å². The van der Waals surface area contributed by atoms with E-state index in [-0.39, 0.29) is 10.7 Å². The van der Waals surface area contributed by atoms with Crippen molar-refractivity contribution in [1.29, 1.82) is 0 Å². The molecule has 0 radical (unpaired) electrons. The van der Waals surface area contributed by atoms with Crippen LogP contribution in [0.2, 0.25) is 0 Å². The third kappa shape index (κ3) is 4.12. The van der Waals surface area contributed by atoms with Crippen LogP contribution in [0.4, 0.5) is 11.6 Å². The molecule has 0 aliphatic carbocycles. The smallest absolute Gasteiger partial charge is 0.270 e. The summed E-state index contributed by atoms with van der Waals surface area (Å²) in [5.74, 6) is 0.144. The van der Waals surface area contributed by atoms with Gasteiger partial charge in [0.05, 0.1) is 5.69 Å². The standard InChI is InChI=1S/C20H19BrN4O3S/c1-23-7-9-24(10-8-23)17-6-5-15(28-17)12-16-18(26)22-20(29)25(19(16)27)14-4-2-3-13(21)11-14/h2-6,11-12H,7-10H2,1H3,(H,22,26,29). The Hall–Kier alpha value is -2.49. The Morgan fingerprint density at radius 3 is 2.62 bits per heavy atom. The van der Waals surface area contributed by atoms with E-state index < -0.39 is 11.8 Å². The quantitative estimate of drug-likeness (QED) is 0.418. The van der Waals surface area contributed by atoms with E-state index in [1.54, 1.807) is 24.3 Å². The Kier molecular flexibility index (Phi) is 5.53. The number of rotatable bonds is 3. The molecule has 2 amide bonds. The van der Waals surface area contributed by atoms with Crippen molar-refractivity contribution < 1.29 is 14.0 Å². The lowest BCUT2D eigenvalue weighted by Gasteiger charge is -2.32. The normalized spacial score (nSPS) is 19.8. The summed E-state index contributed by atoms with van der Waals surface area (Å²) in [6.45, 7) is 3.64. The molecule has 2 fully saturated rings. The number of thiocarbonyl (C=S) groups is 1. The van der Waals surface area contributed by atoms with E-state index >= 15 is 0 Å². The van der Waals surface area contributed by atoms with Crippen molar-refractivity contribution in [2.24, 2.45) is 0 Å². The molecule has 3 heterocycles. The number of nitrogens with one attached hydrogen (secondary N) is 1. The van der Waals surface area contributed by atoms with Gasteiger partial charge in [0, 0.05) is 36.7 Å². The molecule has 2 aliphatic rings. The predicted molar refractivity (Wildman–Crippen MR) is 119 cm³/mol. The number of carbonyl (C=O) groups is 2. The molecule has 2 aliphatic heterocycles. The van der Waals surface area contributed by atoms with Crippen LogP contribution in [0.3, 0.4) is 0 Å². The van der Waals surface area contributed by atoms with Crippen molar-refractivity contribution in [3.05, 3.63) is 52.2 Å². The van der Waals surface area contributed by atoms with Gasteiger partial charge in [-0.1, -0.05) is 22.0 Å². The summed E-state index contributed by atoms with van der Waals surface area (Å²) in [6.07, 6.45) is 1.46. The zero-order valence-electron chi connectivity index (χ0n) is 15.7. The fourth-order valence-electron chi connectivity index (χ4n) is 3.27. The van der Waals surface area contributed by atoms with Crippen molar-refractivity contribution in [2.75, 3.05) is 43.0 Å². The third-order valence-electron chi connectivity index (χ3n) is 4.88. The van der Waals surface area contributed by atoms with Crippen molar-refractivity contribution in [1.82, 2.24) is 10.2 Å². The number of hydrogen-bond donors (Lipinski definition) is 1. The van der Waals surface area contributed by atoms with Gasteiger partial charge in [-0.3, -0.25) is 19.8 Å². The Morgan fingerprint density at radius 2 is 1.90 bits per heavy atom. The molecule has 150 valence electrons. The van der Waals surface area contributed by atoms with Crippen molar-refractivity contribution in [3.8, 4) is 0 Å². The fraction of sp³-hybridized carbons (Fsp3) is 0.250. The summed E-state index contributed by atoms with van der Waals surface area (Å²) < 4.78 is 6.69. The molecule has 29 heavy (non-hydrogen) atoms. The van der Waals surface area contributed by atoms with E-state index in [1.165, 1.54) is 11.0 Å². The van der Waals surface area contributed by atoms with Crippen LogP contribution in [0, 0.1) is 0 Å². The third-order valence-corrected chi connectivity index (χ3v) is 5.66. The number of anilines is 2. The molecule has 9 heteroatoms. The van der Waals surface area contributed by atoms with E-state index in [0.717, 1.165) is 36.5 Å². The van der Waals surface area contributed by atoms with Gasteiger partial charge in [-0.25, -0.2) is 0 Å². The van der Waals surface area contributed by atoms with E-state index in [0.29, 0.717) is 11.4 Å². The van der Waals surface area contributed by atoms with E-state index in [9.17, 15) is 9.59 Å². The van der Waals surface area contributed by atoms with E-state index in [4.69, 9.17) is 16.6 Å². The highest BCUT2D eigenvalue weighted by Gasteiger charge is 2.34. The Bertz CT molecular complexity index is 1010. The highest BCUT2D eigenvalue weighted by Crippen LogP contribution is 2.26. The molecule has 0 spiro atoms. The average molecular weight is 475 g/mol. The van der Waals surface area contributed by atoms with Gasteiger partial charge in [-0.2, -0.15) is 0 Å². The van der Waals surface area contributed by atoms with Gasteiger partial charge in [-0.05, 0) is 49.6 Å². The van der Waals surface area contributed by atoms with Crippen LogP contribution in [0.15, 0.2) is 50.9 Å². The van der Waals surface area contributed by atoms with Crippen LogP contribution in [0.25, 0.3) is 6.08 Å². The second-order valence-electron chi connectivity index (χ2n) is 6.90. The molecule has 0 bridgehead atoms. The maximum absolute atomic E-state index is 13.0. The maximum atomic E-state index is 13.0. The summed E-state index contributed by atoms with van der Waals surface area (Å²) in [4.78, 5) is 31.2. The topological polar surface area (TPSA) is 69.0 Å². The summed E-state index contributed by atoms with van der Waals surface area (Å²) >= 11 is 8.61. The zero-order valence-corrected chi connectivity index (χ0v) is 18.1. The van der Waals surface area contributed by atoms with Crippen molar-refractivity contribution >= 4 is 62.7 Å². The minimum absolute atomic E-state index is 0.0298. The molecule has 0 saturated carbocycles. The number of hydrogen-bond acceptors (Lipinski definition) is 6. The van der Waals surface area contributed by atoms with Gasteiger partial charge < -0.3 is 14.2 Å². The first-order valence-electron chi connectivity index (χ1n) is 9.13. The molecule has 2 saturated heterocycles. The van der Waals surface area contributed by atoms with Gasteiger partial charge in [0.25, 0.3) is 11.8 Å². The summed E-state index contributed by atoms with van der Waals surface area (Å²) in [6, 6.07) is 10.8. The number of amides is 2. The summed E-state index contributed by atoms with van der Waals surface area (Å²) in [5.41, 5.74) is 0.538. The van der Waals surface area contributed by atoms with Crippen LogP contribution in [-0.4, -0.2) is 55.1 Å². The first-order valence-corrected chi connectivity index (χ1v) is 10.3. The first kappa shape index (κ1) is 19.8. The second kappa shape index (κ2) is 8.10. The minimum Gasteiger partial charge on any atom is -0.441 e. The number of halogens is 1. The lowest BCUT2D eigenvalue weighted by molar-refractivity contribution is -0.122. The Labute approximate surface area is 182 Å². The molecule has 1 N–H and O–H groups in total. The van der Waals surface area contributed by atoms with Gasteiger partial charge in [0.2, 0.25) is 0 Å². The van der Waals surface area contributed by atoms with Gasteiger partial charge in [-0.15, -0.1) is 0 Å². The maximum Gasteiger partial charge on any atom is 0.270 e. The zero-order chi connectivity index (χ0) is 20.5. The van der Waals surface area contributed by atoms with Crippen LogP contribution >= 0.6 is 28.1 Å². The van der Waals surface area contributed by atoms with Gasteiger partial charge in [0.15, 0.2) is 11.0 Å². The van der Waals surface area contributed by atoms with Crippen LogP contribution < -0.4 is 15.1 Å². The van der Waals surface area contributed by atoms with E-state index in [1.807, 2.05) is 12.1 Å². The molecule has 1 aromatic carbocycles. The Morgan fingerprint density at radius 1 is 1.14 bits per heavy atom. The molecular formula is C20H19BrN4O3S. The van der Waals surface area contributed by atoms with Crippen molar-refractivity contribution in [3.63, 3.8) is 0 Å². The largest absolute Gasteiger partial charge is 0.441 e. The molecule has 1 aromatic heterocycles. The predicted octanol–water partition coefficient (Wildman–Crippen LogP) is 2.63.